The molecule has 11 aromatic rings. The number of aryl methyl sites for hydroxylation is 6. The van der Waals surface area contributed by atoms with Crippen LogP contribution in [-0.4, -0.2) is 138 Å². The first-order chi connectivity index (χ1) is 47.7. The zero-order valence-electron chi connectivity index (χ0n) is 59.3. The van der Waals surface area contributed by atoms with Gasteiger partial charge in [-0.05, 0) is 192 Å². The first-order valence-electron chi connectivity index (χ1n) is 32.4. The number of sulfone groups is 2. The summed E-state index contributed by atoms with van der Waals surface area (Å²) in [7, 11) is -6.49. The Morgan fingerprint density at radius 2 is 0.837 bits per heavy atom. The molecule has 24 nitrogen and oxygen atoms in total. The number of hydrogen-bond donors (Lipinski definition) is 5. The van der Waals surface area contributed by atoms with Gasteiger partial charge in [0.25, 0.3) is 5.91 Å². The Morgan fingerprint density at radius 3 is 1.15 bits per heavy atom. The molecule has 0 saturated carbocycles. The van der Waals surface area contributed by atoms with E-state index in [0.717, 1.165) is 55.0 Å². The molecule has 544 valence electrons. The van der Waals surface area contributed by atoms with Crippen LogP contribution < -0.4 is 29.9 Å². The smallest absolute Gasteiger partial charge is 0.870 e. The zero-order chi connectivity index (χ0) is 72.8. The van der Waals surface area contributed by atoms with Crippen LogP contribution >= 0.6 is 12.4 Å². The van der Waals surface area contributed by atoms with E-state index in [4.69, 9.17) is 20.7 Å². The number of aliphatic hydroxyl groups excluding tert-OH is 2. The molecule has 28 heteroatoms. The molecular formula is C76H84ClLiN8O16S2. The predicted octanol–water partition coefficient (Wildman–Crippen LogP) is 7.82. The number of aliphatic hydroxyl groups is 2. The molecule has 0 unspecified atom stereocenters. The second-order valence-corrected chi connectivity index (χ2v) is 27.8. The summed E-state index contributed by atoms with van der Waals surface area (Å²) in [5.74, 6) is -2.16. The Kier molecular flexibility index (Phi) is 32.2. The Morgan fingerprint density at radius 1 is 0.490 bits per heavy atom. The number of nitrogens with two attached hydrogens (primary N) is 1. The normalized spacial score (nSPS) is 11.4. The van der Waals surface area contributed by atoms with E-state index >= 15 is 0 Å². The average molecular weight is 1470 g/mol. The van der Waals surface area contributed by atoms with Gasteiger partial charge >= 0.3 is 30.8 Å². The molecule has 11 rings (SSSR count). The average Bonchev–Trinajstić information content (AvgIpc) is 1.64. The van der Waals surface area contributed by atoms with Crippen LogP contribution in [0.2, 0.25) is 0 Å². The van der Waals surface area contributed by atoms with E-state index in [1.165, 1.54) is 24.3 Å². The number of aromatic nitrogens is 6. The molecular weight excluding hydrogens is 1390 g/mol. The molecule has 0 aliphatic rings. The van der Waals surface area contributed by atoms with E-state index in [2.05, 4.69) is 20.3 Å². The summed E-state index contributed by atoms with van der Waals surface area (Å²) in [4.78, 5) is 88.0. The quantitative estimate of drug-likeness (QED) is 0.0245. The first kappa shape index (κ1) is 86.6. The number of nitrogens with zero attached hydrogens (tertiary/aromatic N) is 6. The van der Waals surface area contributed by atoms with Crippen LogP contribution in [0.3, 0.4) is 0 Å². The molecule has 0 fully saturated rings. The number of esters is 1. The predicted molar refractivity (Wildman–Crippen MR) is 395 cm³/mol. The Hall–Kier alpha value is -9.82. The van der Waals surface area contributed by atoms with Crippen LogP contribution in [0, 0.1) is 20.8 Å². The number of rotatable bonds is 22. The molecule has 1 amide bonds. The summed E-state index contributed by atoms with van der Waals surface area (Å²) in [6, 6.07) is 42.7. The van der Waals surface area contributed by atoms with Crippen molar-refractivity contribution in [3.8, 4) is 0 Å². The number of carboxylic acids is 1. The van der Waals surface area contributed by atoms with Gasteiger partial charge in [-0.1, -0.05) is 56.3 Å². The topological polar surface area (TPSA) is 394 Å². The van der Waals surface area contributed by atoms with E-state index in [9.17, 15) is 50.7 Å². The first-order valence-corrected chi connectivity index (χ1v) is 35.7. The van der Waals surface area contributed by atoms with Gasteiger partial charge in [0.2, 0.25) is 17.3 Å². The molecule has 6 aromatic heterocycles. The van der Waals surface area contributed by atoms with Crippen molar-refractivity contribution in [1.29, 1.82) is 0 Å². The third-order valence-electron chi connectivity index (χ3n) is 16.6. The van der Waals surface area contributed by atoms with Gasteiger partial charge in [0, 0.05) is 76.5 Å². The number of halogens is 1. The molecule has 104 heavy (non-hydrogen) atoms. The third kappa shape index (κ3) is 20.3. The molecule has 9 N–H and O–H groups in total. The van der Waals surface area contributed by atoms with Gasteiger partial charge in [-0.15, -0.1) is 12.4 Å². The number of ketones is 3. The molecule has 0 spiro atoms. The Labute approximate surface area is 621 Å². The molecule has 0 bridgehead atoms. The van der Waals surface area contributed by atoms with Crippen molar-refractivity contribution in [2.75, 3.05) is 31.3 Å². The number of hydrogen-bond acceptors (Lipinski definition) is 18. The van der Waals surface area contributed by atoms with Gasteiger partial charge in [0.1, 0.15) is 17.1 Å². The number of carbonyl (C=O) groups is 6. The van der Waals surface area contributed by atoms with E-state index in [1.54, 1.807) is 142 Å². The van der Waals surface area contributed by atoms with Crippen LogP contribution in [0.5, 0.6) is 0 Å². The van der Waals surface area contributed by atoms with Gasteiger partial charge in [0.05, 0.1) is 81.4 Å². The molecule has 6 heterocycles. The van der Waals surface area contributed by atoms with Crippen molar-refractivity contribution in [3.05, 3.63) is 255 Å². The standard InChI is InChI=1S/C28H29N3O5S.C20H20N2O3.C18H16N2O3.C10H15NO3S.ClH.Li.2H2O/c1-4-31-25-13-9-20(14-21(25)15-26(31)27(33)23-12-6-18(3)16-29-23)28(34)30-24(17-32)19-7-10-22(11-8-19)37(35,36)5-2;1-4-22-17-9-7-14(20(24)25-5-2)10-15(17)11-18(22)19(23)16-8-6-13(3)12-21-16;1-3-20-15-7-5-12(18(22)23)8-13(15)9-16(20)17(21)14-6-4-11(2)10-19-14;1-2-15(13,14)9-5-3-8(4-6-9)10(11)7-12;;;;/h6-16,24,32H,4-5,17H2,1-3H3,(H,30,34);6-12H,4-5H2,1-3H3;4-10H,3H2,1-2H3,(H,22,23);3-6,10,12H,2,7,11H2,1H3;1H;;2*1H2/q;;;;;+1;;/p-1/t24-;;;10-;;;;/m0..0..../s1. The molecule has 0 aliphatic heterocycles. The van der Waals surface area contributed by atoms with Crippen LogP contribution in [0.15, 0.2) is 186 Å². The van der Waals surface area contributed by atoms with Crippen molar-refractivity contribution in [2.24, 2.45) is 5.73 Å². The summed E-state index contributed by atoms with van der Waals surface area (Å²) in [5, 5.41) is 32.9. The van der Waals surface area contributed by atoms with Crippen molar-refractivity contribution in [1.82, 2.24) is 34.0 Å². The van der Waals surface area contributed by atoms with Crippen molar-refractivity contribution >= 4 is 100.0 Å². The number of aromatic carboxylic acids is 1. The fourth-order valence-electron chi connectivity index (χ4n) is 11.0. The molecule has 5 aromatic carbocycles. The largest absolute Gasteiger partial charge is 1.00 e. The van der Waals surface area contributed by atoms with Crippen LogP contribution in [0.4, 0.5) is 0 Å². The zero-order valence-corrected chi connectivity index (χ0v) is 61.8. The third-order valence-corrected chi connectivity index (χ3v) is 20.1. The van der Waals surface area contributed by atoms with Crippen molar-refractivity contribution < 1.29 is 95.5 Å². The van der Waals surface area contributed by atoms with Gasteiger partial charge in [-0.3, -0.25) is 34.1 Å². The number of pyridine rings is 3. The van der Waals surface area contributed by atoms with Crippen molar-refractivity contribution in [2.45, 2.75) is 104 Å². The molecule has 0 aliphatic carbocycles. The van der Waals surface area contributed by atoms with E-state index in [1.807, 2.05) is 85.6 Å². The summed E-state index contributed by atoms with van der Waals surface area (Å²) < 4.78 is 57.8. The van der Waals surface area contributed by atoms with Crippen LogP contribution in [0.1, 0.15) is 161 Å². The number of amides is 1. The van der Waals surface area contributed by atoms with Gasteiger partial charge < -0.3 is 55.8 Å². The monoisotopic (exact) mass is 1470 g/mol. The number of carboxylic acid groups (broad SMARTS) is 1. The Bertz CT molecular complexity index is 5050. The number of carbonyl (C=O) groups excluding carboxylic acids is 5. The number of nitrogens with one attached hydrogen (secondary N) is 1. The number of benzene rings is 5. The Balaban J connectivity index is 0.000000303. The van der Waals surface area contributed by atoms with Gasteiger partial charge in [-0.2, -0.15) is 0 Å². The second-order valence-electron chi connectivity index (χ2n) is 23.3. The minimum absolute atomic E-state index is 0. The maximum Gasteiger partial charge on any atom is 1.00 e. The van der Waals surface area contributed by atoms with Crippen LogP contribution in [0.25, 0.3) is 32.7 Å². The number of fused-ring (bicyclic) bond motifs is 3. The summed E-state index contributed by atoms with van der Waals surface area (Å²) in [5.41, 5.74) is 16.2. The minimum Gasteiger partial charge on any atom is -0.870 e. The summed E-state index contributed by atoms with van der Waals surface area (Å²) >= 11 is 0. The molecule has 2 atom stereocenters. The molecule has 0 saturated heterocycles. The SMILES string of the molecule is CCOC(=O)c1ccc2c(c1)cc(C(=O)c1ccc(C)cn1)n2CC.CCS(=O)(=O)c1ccc([C@@H](N)CO)cc1.CCn1c(C(=O)c2ccc(C)cn2)cc2cc(C(=O)N[C@@H](CO)c3ccc(S(=O)(=O)CC)cc3)ccc21.CCn1c(C(=O)c2ccc(C)cn2)cc2cc(C(=O)O)ccc21.Cl.O.[Li+].[OH-]. The fourth-order valence-corrected chi connectivity index (χ4v) is 12.7. The minimum atomic E-state index is -3.34. The summed E-state index contributed by atoms with van der Waals surface area (Å²) in [6.45, 7) is 18.2. The van der Waals surface area contributed by atoms with E-state index < -0.39 is 43.6 Å². The number of ether oxygens (including phenoxy) is 1. The molecule has 0 radical (unpaired) electrons. The van der Waals surface area contributed by atoms with Gasteiger partial charge in [-0.25, -0.2) is 26.4 Å². The van der Waals surface area contributed by atoms with Gasteiger partial charge in [0.15, 0.2) is 19.7 Å². The fraction of sp³-hybridized carbons (Fsp3) is 0.250. The maximum absolute atomic E-state index is 13.1. The second kappa shape index (κ2) is 38.6. The summed E-state index contributed by atoms with van der Waals surface area (Å²) in [6.07, 6.45) is 5.00. The van der Waals surface area contributed by atoms with Crippen LogP contribution in [-0.2, 0) is 44.0 Å². The maximum atomic E-state index is 13.1. The van der Waals surface area contributed by atoms with Crippen molar-refractivity contribution in [3.63, 3.8) is 0 Å². The van der Waals surface area contributed by atoms with E-state index in [0.29, 0.717) is 82.0 Å². The van der Waals surface area contributed by atoms with E-state index in [-0.39, 0.29) is 101 Å².